The Morgan fingerprint density at radius 3 is 2.30 bits per heavy atom. The molecule has 4 rings (SSSR count). The number of benzene rings is 2. The van der Waals surface area contributed by atoms with Gasteiger partial charge in [-0.05, 0) is 30.3 Å². The number of carboxylic acid groups (broad SMARTS) is 1. The lowest BCUT2D eigenvalue weighted by Crippen LogP contribution is -2.65. The largest absolute Gasteiger partial charge is 0.618 e. The van der Waals surface area contributed by atoms with Crippen LogP contribution in [0, 0.1) is 11.0 Å². The molecule has 3 amide bonds. The topological polar surface area (TPSA) is 205 Å². The average molecular weight is 675 g/mol. The van der Waals surface area contributed by atoms with E-state index < -0.39 is 82.5 Å². The van der Waals surface area contributed by atoms with Gasteiger partial charge in [0.2, 0.25) is 0 Å². The molecule has 0 radical (unpaired) electrons. The first-order valence-corrected chi connectivity index (χ1v) is 13.2. The summed E-state index contributed by atoms with van der Waals surface area (Å²) in [6, 6.07) is 5.65. The number of amides is 3. The number of nitrogens with zero attached hydrogens (tertiary/aromatic N) is 2. The van der Waals surface area contributed by atoms with E-state index in [-0.39, 0.29) is 26.8 Å². The van der Waals surface area contributed by atoms with E-state index in [0.29, 0.717) is 6.07 Å². The number of rotatable bonds is 7. The maximum Gasteiger partial charge on any atom is 0.417 e. The number of anilines is 2. The number of nitrogens with one attached hydrogen (secondary N) is 2. The van der Waals surface area contributed by atoms with Crippen LogP contribution in [0.15, 0.2) is 54.7 Å². The molecule has 1 fully saturated rings. The fraction of sp³-hybridized carbons (Fsp3) is 0.259. The molecule has 5 unspecified atom stereocenters. The summed E-state index contributed by atoms with van der Waals surface area (Å²) in [4.78, 5) is 37.3. The maximum absolute atomic E-state index is 15.1. The van der Waals surface area contributed by atoms with Gasteiger partial charge in [-0.3, -0.25) is 9.69 Å². The van der Waals surface area contributed by atoms with E-state index in [1.165, 1.54) is 13.1 Å². The summed E-state index contributed by atoms with van der Waals surface area (Å²) >= 11 is 5.68. The third kappa shape index (κ3) is 7.05. The molecular weight excluding hydrogens is 652 g/mol. The Balaban J connectivity index is 1.68. The zero-order chi connectivity index (χ0) is 34.1. The van der Waals surface area contributed by atoms with Crippen LogP contribution in [0.25, 0.3) is 0 Å². The van der Waals surface area contributed by atoms with Crippen LogP contribution in [-0.2, 0) is 15.7 Å². The summed E-state index contributed by atoms with van der Waals surface area (Å²) < 4.78 is 67.0. The van der Waals surface area contributed by atoms with Crippen molar-refractivity contribution in [3.05, 3.63) is 82.0 Å². The summed E-state index contributed by atoms with van der Waals surface area (Å²) in [7, 11) is 1.29. The van der Waals surface area contributed by atoms with Gasteiger partial charge in [0.15, 0.2) is 18.5 Å². The molecule has 1 aliphatic rings. The molecule has 2 aromatic carbocycles. The summed E-state index contributed by atoms with van der Waals surface area (Å²) in [5, 5.41) is 55.8. The van der Waals surface area contributed by atoms with Crippen LogP contribution in [0.1, 0.15) is 16.1 Å². The summed E-state index contributed by atoms with van der Waals surface area (Å²) in [5.41, 5.74) is -3.06. The fourth-order valence-corrected chi connectivity index (χ4v) is 4.56. The number of hydrogen-bond donors (Lipinski definition) is 6. The quantitative estimate of drug-likeness (QED) is 0.122. The van der Waals surface area contributed by atoms with E-state index in [9.17, 15) is 53.2 Å². The lowest BCUT2D eigenvalue weighted by atomic mass is 9.97. The van der Waals surface area contributed by atoms with Crippen molar-refractivity contribution in [2.75, 3.05) is 17.3 Å². The van der Waals surface area contributed by atoms with Gasteiger partial charge in [-0.1, -0.05) is 11.6 Å². The molecule has 0 bridgehead atoms. The standard InChI is InChI=1S/C27H23ClF4N4O10/c1-33-23(40)18-10-13(6-7-35(18)44)45-12-3-5-17(16(29)9-12)34-26(43)36(11-2-4-15(28)14(8-11)27(30,31)32)24-21(39)19(37)20(38)22(46-24)25(41)42/h2-10,19-22,24,37-39H,1H3,(H,33,40)(H,34,43)(H,41,42). The van der Waals surface area contributed by atoms with E-state index in [1.54, 1.807) is 0 Å². The lowest BCUT2D eigenvalue weighted by Gasteiger charge is -2.43. The predicted molar refractivity (Wildman–Crippen MR) is 148 cm³/mol. The monoisotopic (exact) mass is 674 g/mol. The molecular formula is C27H23ClF4N4O10. The molecule has 6 N–H and O–H groups in total. The van der Waals surface area contributed by atoms with Crippen LogP contribution >= 0.6 is 11.6 Å². The fourth-order valence-electron chi connectivity index (χ4n) is 4.34. The number of carboxylic acids is 1. The zero-order valence-electron chi connectivity index (χ0n) is 23.1. The highest BCUT2D eigenvalue weighted by molar-refractivity contribution is 6.31. The molecule has 5 atom stereocenters. The zero-order valence-corrected chi connectivity index (χ0v) is 23.9. The Morgan fingerprint density at radius 2 is 1.70 bits per heavy atom. The maximum atomic E-state index is 15.1. The van der Waals surface area contributed by atoms with Crippen molar-refractivity contribution in [1.82, 2.24) is 5.32 Å². The Morgan fingerprint density at radius 1 is 1.02 bits per heavy atom. The van der Waals surface area contributed by atoms with Crippen LogP contribution in [0.3, 0.4) is 0 Å². The lowest BCUT2D eigenvalue weighted by molar-refractivity contribution is -0.607. The molecule has 14 nitrogen and oxygen atoms in total. The van der Waals surface area contributed by atoms with Crippen molar-refractivity contribution in [3.8, 4) is 11.5 Å². The van der Waals surface area contributed by atoms with Crippen LogP contribution in [0.2, 0.25) is 5.02 Å². The molecule has 19 heteroatoms. The number of halogens is 5. The van der Waals surface area contributed by atoms with Crippen molar-refractivity contribution in [2.24, 2.45) is 0 Å². The second kappa shape index (κ2) is 13.3. The average Bonchev–Trinajstić information content (AvgIpc) is 2.99. The second-order valence-corrected chi connectivity index (χ2v) is 10.0. The predicted octanol–water partition coefficient (Wildman–Crippen LogP) is 2.21. The van der Waals surface area contributed by atoms with Gasteiger partial charge < -0.3 is 45.7 Å². The summed E-state index contributed by atoms with van der Waals surface area (Å²) in [5.74, 6) is -3.97. The van der Waals surface area contributed by atoms with E-state index in [1.807, 2.05) is 0 Å². The molecule has 246 valence electrons. The number of aliphatic hydroxyl groups excluding tert-OH is 3. The van der Waals surface area contributed by atoms with Crippen molar-refractivity contribution in [1.29, 1.82) is 0 Å². The minimum absolute atomic E-state index is 0.0477. The highest BCUT2D eigenvalue weighted by Gasteiger charge is 2.50. The Labute approximate surface area is 260 Å². The number of alkyl halides is 3. The molecule has 2 heterocycles. The number of ether oxygens (including phenoxy) is 2. The number of aromatic nitrogens is 1. The van der Waals surface area contributed by atoms with Crippen molar-refractivity contribution in [2.45, 2.75) is 36.8 Å². The number of aliphatic hydroxyl groups is 3. The normalized spacial score (nSPS) is 21.3. The van der Waals surface area contributed by atoms with Crippen molar-refractivity contribution < 1.29 is 66.6 Å². The highest BCUT2D eigenvalue weighted by atomic mass is 35.5. The summed E-state index contributed by atoms with van der Waals surface area (Å²) in [6.45, 7) is 0. The van der Waals surface area contributed by atoms with Crippen LogP contribution in [0.5, 0.6) is 11.5 Å². The Kier molecular flexibility index (Phi) is 9.88. The number of carbonyl (C=O) groups is 3. The van der Waals surface area contributed by atoms with Gasteiger partial charge in [0.25, 0.3) is 5.69 Å². The van der Waals surface area contributed by atoms with Crippen LogP contribution in [-0.4, -0.2) is 76.0 Å². The number of urea groups is 1. The van der Waals surface area contributed by atoms with Gasteiger partial charge in [-0.15, -0.1) is 0 Å². The first-order valence-electron chi connectivity index (χ1n) is 12.9. The van der Waals surface area contributed by atoms with Crippen molar-refractivity contribution in [3.63, 3.8) is 0 Å². The number of pyridine rings is 1. The Bertz CT molecular complexity index is 1660. The van der Waals surface area contributed by atoms with Crippen LogP contribution in [0.4, 0.5) is 33.7 Å². The first kappa shape index (κ1) is 34.1. The highest BCUT2D eigenvalue weighted by Crippen LogP contribution is 2.39. The molecule has 0 spiro atoms. The smallest absolute Gasteiger partial charge is 0.417 e. The van der Waals surface area contributed by atoms with Crippen molar-refractivity contribution >= 4 is 40.9 Å². The van der Waals surface area contributed by atoms with Gasteiger partial charge in [0.05, 0.1) is 22.3 Å². The molecule has 1 aliphatic heterocycles. The molecule has 0 aliphatic carbocycles. The number of hydrogen-bond acceptors (Lipinski definition) is 9. The third-order valence-corrected chi connectivity index (χ3v) is 6.94. The van der Waals surface area contributed by atoms with E-state index in [2.05, 4.69) is 10.6 Å². The van der Waals surface area contributed by atoms with Gasteiger partial charge >= 0.3 is 24.1 Å². The Hall–Kier alpha value is -4.75. The molecule has 1 saturated heterocycles. The van der Waals surface area contributed by atoms with Crippen LogP contribution < -0.4 is 25.0 Å². The van der Waals surface area contributed by atoms with Gasteiger partial charge in [-0.25, -0.2) is 14.0 Å². The number of carbonyl (C=O) groups excluding carboxylic acids is 2. The molecule has 3 aromatic rings. The minimum atomic E-state index is -5.05. The van der Waals surface area contributed by atoms with Gasteiger partial charge in [0.1, 0.15) is 35.6 Å². The number of aliphatic carboxylic acids is 1. The minimum Gasteiger partial charge on any atom is -0.618 e. The molecule has 46 heavy (non-hydrogen) atoms. The third-order valence-electron chi connectivity index (χ3n) is 6.61. The van der Waals surface area contributed by atoms with Gasteiger partial charge in [-0.2, -0.15) is 17.9 Å². The van der Waals surface area contributed by atoms with E-state index in [0.717, 1.165) is 42.6 Å². The molecule has 1 aromatic heterocycles. The van der Waals surface area contributed by atoms with E-state index >= 15 is 4.39 Å². The SMILES string of the molecule is CNC(=O)c1cc(Oc2ccc(NC(=O)N(c3ccc(Cl)c(C(F)(F)F)c3)C3OC(C(=O)O)C(O)C(O)C3O)c(F)c2)cc[n+]1[O-]. The first-order chi connectivity index (χ1) is 21.5. The molecule has 0 saturated carbocycles. The van der Waals surface area contributed by atoms with Gasteiger partial charge in [0, 0.05) is 24.9 Å². The summed E-state index contributed by atoms with van der Waals surface area (Å²) in [6.07, 6.45) is -15.3. The van der Waals surface area contributed by atoms with E-state index in [4.69, 9.17) is 21.1 Å². The second-order valence-electron chi connectivity index (χ2n) is 9.62.